The first-order valence-electron chi connectivity index (χ1n) is 10.8. The summed E-state index contributed by atoms with van der Waals surface area (Å²) in [6.07, 6.45) is 8.80. The van der Waals surface area contributed by atoms with Crippen molar-refractivity contribution >= 4 is 17.7 Å². The van der Waals surface area contributed by atoms with Crippen LogP contribution < -0.4 is 0 Å². The molecule has 28 heavy (non-hydrogen) atoms. The van der Waals surface area contributed by atoms with Gasteiger partial charge in [0.05, 0.1) is 12.5 Å². The molecule has 1 aromatic rings. The van der Waals surface area contributed by atoms with Crippen LogP contribution in [0.2, 0.25) is 0 Å². The number of hydrogen-bond acceptors (Lipinski definition) is 3. The molecule has 0 radical (unpaired) electrons. The average molecular weight is 383 g/mol. The highest BCUT2D eigenvalue weighted by atomic mass is 16.2. The van der Waals surface area contributed by atoms with Gasteiger partial charge in [-0.15, -0.1) is 0 Å². The van der Waals surface area contributed by atoms with Gasteiger partial charge in [0.2, 0.25) is 5.91 Å². The Bertz CT molecular complexity index is 752. The van der Waals surface area contributed by atoms with Crippen molar-refractivity contribution in [3.05, 3.63) is 35.4 Å². The summed E-state index contributed by atoms with van der Waals surface area (Å²) < 4.78 is 0. The number of imide groups is 1. The molecule has 0 aromatic heterocycles. The van der Waals surface area contributed by atoms with Crippen LogP contribution in [0.4, 0.5) is 4.79 Å². The fraction of sp³-hybridized carbons (Fsp3) is 0.609. The standard InChI is InChI=1S/C23H30N2O3/c1-16-11-13-17(14-12-16)21(26)15-24-20-10-6-5-9-19(20)22(27)25(23(24)28)18-7-3-2-4-8-18/h11-14,18-20H,2-10,15H2,1H3. The summed E-state index contributed by atoms with van der Waals surface area (Å²) in [5, 5.41) is 0. The molecule has 3 amide bonds. The normalized spacial score (nSPS) is 26.3. The second kappa shape index (κ2) is 8.06. The lowest BCUT2D eigenvalue weighted by Gasteiger charge is -2.49. The molecular weight excluding hydrogens is 352 g/mol. The van der Waals surface area contributed by atoms with Gasteiger partial charge in [-0.25, -0.2) is 4.79 Å². The van der Waals surface area contributed by atoms with Crippen LogP contribution in [0.5, 0.6) is 0 Å². The molecule has 2 aliphatic carbocycles. The van der Waals surface area contributed by atoms with Crippen LogP contribution in [-0.4, -0.2) is 46.1 Å². The van der Waals surface area contributed by atoms with E-state index in [1.54, 1.807) is 4.90 Å². The number of carbonyl (C=O) groups excluding carboxylic acids is 3. The summed E-state index contributed by atoms with van der Waals surface area (Å²) in [5.41, 5.74) is 1.74. The largest absolute Gasteiger partial charge is 0.327 e. The van der Waals surface area contributed by atoms with Gasteiger partial charge in [-0.3, -0.25) is 14.5 Å². The highest BCUT2D eigenvalue weighted by Gasteiger charge is 2.49. The first-order valence-corrected chi connectivity index (χ1v) is 10.8. The maximum Gasteiger partial charge on any atom is 0.327 e. The zero-order chi connectivity index (χ0) is 19.7. The molecule has 1 aromatic carbocycles. The molecule has 1 saturated heterocycles. The Morgan fingerprint density at radius 3 is 2.29 bits per heavy atom. The molecule has 2 atom stereocenters. The van der Waals surface area contributed by atoms with Gasteiger partial charge in [0, 0.05) is 17.6 Å². The second-order valence-electron chi connectivity index (χ2n) is 8.66. The monoisotopic (exact) mass is 382 g/mol. The van der Waals surface area contributed by atoms with E-state index in [4.69, 9.17) is 0 Å². The third-order valence-corrected chi connectivity index (χ3v) is 6.76. The number of ketones is 1. The summed E-state index contributed by atoms with van der Waals surface area (Å²) in [6, 6.07) is 7.15. The van der Waals surface area contributed by atoms with Gasteiger partial charge in [-0.1, -0.05) is 61.9 Å². The summed E-state index contributed by atoms with van der Waals surface area (Å²) in [5.74, 6) is -0.171. The van der Waals surface area contributed by atoms with E-state index in [-0.39, 0.29) is 42.3 Å². The van der Waals surface area contributed by atoms with E-state index in [9.17, 15) is 14.4 Å². The summed E-state index contributed by atoms with van der Waals surface area (Å²) in [4.78, 5) is 42.8. The average Bonchev–Trinajstić information content (AvgIpc) is 2.72. The van der Waals surface area contributed by atoms with Gasteiger partial charge in [-0.2, -0.15) is 0 Å². The zero-order valence-corrected chi connectivity index (χ0v) is 16.7. The van der Waals surface area contributed by atoms with E-state index in [0.29, 0.717) is 5.56 Å². The lowest BCUT2D eigenvalue weighted by atomic mass is 9.80. The highest BCUT2D eigenvalue weighted by molar-refractivity contribution is 6.03. The SMILES string of the molecule is Cc1ccc(C(=O)CN2C(=O)N(C3CCCCC3)C(=O)C3CCCCC32)cc1. The second-order valence-corrected chi connectivity index (χ2v) is 8.66. The molecule has 0 bridgehead atoms. The van der Waals surface area contributed by atoms with Crippen LogP contribution >= 0.6 is 0 Å². The fourth-order valence-electron chi connectivity index (χ4n) is 5.17. The number of rotatable bonds is 4. The Morgan fingerprint density at radius 1 is 0.929 bits per heavy atom. The van der Waals surface area contributed by atoms with E-state index in [0.717, 1.165) is 56.9 Å². The smallest absolute Gasteiger partial charge is 0.313 e. The van der Waals surface area contributed by atoms with Crippen LogP contribution in [0.25, 0.3) is 0 Å². The zero-order valence-electron chi connectivity index (χ0n) is 16.7. The van der Waals surface area contributed by atoms with Crippen molar-refractivity contribution in [3.63, 3.8) is 0 Å². The van der Waals surface area contributed by atoms with Gasteiger partial charge < -0.3 is 4.90 Å². The Hall–Kier alpha value is -2.17. The van der Waals surface area contributed by atoms with Crippen molar-refractivity contribution in [2.45, 2.75) is 76.8 Å². The fourth-order valence-corrected chi connectivity index (χ4v) is 5.17. The Morgan fingerprint density at radius 2 is 1.57 bits per heavy atom. The topological polar surface area (TPSA) is 57.7 Å². The number of hydrogen-bond donors (Lipinski definition) is 0. The van der Waals surface area contributed by atoms with Crippen molar-refractivity contribution < 1.29 is 14.4 Å². The Kier molecular flexibility index (Phi) is 5.51. The number of urea groups is 1. The number of amides is 3. The van der Waals surface area contributed by atoms with Gasteiger partial charge in [0.1, 0.15) is 0 Å². The molecule has 4 rings (SSSR count). The van der Waals surface area contributed by atoms with E-state index >= 15 is 0 Å². The van der Waals surface area contributed by atoms with Gasteiger partial charge >= 0.3 is 6.03 Å². The summed E-state index contributed by atoms with van der Waals surface area (Å²) >= 11 is 0. The quantitative estimate of drug-likeness (QED) is 0.728. The molecule has 0 N–H and O–H groups in total. The van der Waals surface area contributed by atoms with Crippen molar-refractivity contribution in [2.24, 2.45) is 5.92 Å². The molecule has 1 heterocycles. The first kappa shape index (κ1) is 19.2. The number of benzene rings is 1. The minimum Gasteiger partial charge on any atom is -0.313 e. The van der Waals surface area contributed by atoms with Crippen molar-refractivity contribution in [2.75, 3.05) is 6.54 Å². The molecule has 150 valence electrons. The first-order chi connectivity index (χ1) is 13.6. The minimum atomic E-state index is -0.236. The maximum absolute atomic E-state index is 13.4. The van der Waals surface area contributed by atoms with Crippen molar-refractivity contribution in [1.82, 2.24) is 9.80 Å². The lowest BCUT2D eigenvalue weighted by molar-refractivity contribution is -0.143. The van der Waals surface area contributed by atoms with E-state index in [1.807, 2.05) is 31.2 Å². The van der Waals surface area contributed by atoms with E-state index in [1.165, 1.54) is 11.3 Å². The third-order valence-electron chi connectivity index (χ3n) is 6.76. The predicted octanol–water partition coefficient (Wildman–Crippen LogP) is 4.33. The minimum absolute atomic E-state index is 0.00797. The maximum atomic E-state index is 13.4. The number of nitrogens with zero attached hydrogens (tertiary/aromatic N) is 2. The van der Waals surface area contributed by atoms with E-state index in [2.05, 4.69) is 0 Å². The van der Waals surface area contributed by atoms with Crippen LogP contribution in [0.15, 0.2) is 24.3 Å². The molecule has 0 spiro atoms. The number of fused-ring (bicyclic) bond motifs is 1. The lowest BCUT2D eigenvalue weighted by Crippen LogP contribution is -2.65. The number of Topliss-reactive ketones (excluding diaryl/α,β-unsaturated/α-hetero) is 1. The molecule has 3 fully saturated rings. The van der Waals surface area contributed by atoms with Crippen LogP contribution in [0.1, 0.15) is 73.7 Å². The molecule has 3 aliphatic rings. The molecule has 2 unspecified atom stereocenters. The van der Waals surface area contributed by atoms with Crippen LogP contribution in [0.3, 0.4) is 0 Å². The van der Waals surface area contributed by atoms with Gasteiger partial charge in [-0.05, 0) is 32.6 Å². The summed E-state index contributed by atoms with van der Waals surface area (Å²) in [6.45, 7) is 2.06. The summed E-state index contributed by atoms with van der Waals surface area (Å²) in [7, 11) is 0. The Balaban J connectivity index is 1.59. The van der Waals surface area contributed by atoms with Crippen molar-refractivity contribution in [1.29, 1.82) is 0 Å². The van der Waals surface area contributed by atoms with Crippen molar-refractivity contribution in [3.8, 4) is 0 Å². The van der Waals surface area contributed by atoms with Crippen LogP contribution in [-0.2, 0) is 4.79 Å². The molecule has 5 nitrogen and oxygen atoms in total. The number of carbonyl (C=O) groups is 3. The van der Waals surface area contributed by atoms with Crippen LogP contribution in [0, 0.1) is 12.8 Å². The molecular formula is C23H30N2O3. The molecule has 2 saturated carbocycles. The van der Waals surface area contributed by atoms with Gasteiger partial charge in [0.25, 0.3) is 0 Å². The highest BCUT2D eigenvalue weighted by Crippen LogP contribution is 2.37. The predicted molar refractivity (Wildman–Crippen MR) is 107 cm³/mol. The molecule has 5 heteroatoms. The van der Waals surface area contributed by atoms with E-state index < -0.39 is 0 Å². The Labute approximate surface area is 167 Å². The third kappa shape index (κ3) is 3.59. The molecule has 1 aliphatic heterocycles. The van der Waals surface area contributed by atoms with Gasteiger partial charge in [0.15, 0.2) is 5.78 Å². The number of aryl methyl sites for hydroxylation is 1.